The maximum absolute atomic E-state index is 4.92. The monoisotopic (exact) mass is 390 g/mol. The van der Waals surface area contributed by atoms with Crippen LogP contribution in [-0.4, -0.2) is 49.6 Å². The van der Waals surface area contributed by atoms with Crippen molar-refractivity contribution < 1.29 is 0 Å². The first-order valence-corrected chi connectivity index (χ1v) is 10.4. The number of hydrogen-bond donors (Lipinski definition) is 0. The van der Waals surface area contributed by atoms with Crippen LogP contribution in [0.1, 0.15) is 44.3 Å². The van der Waals surface area contributed by atoms with Crippen molar-refractivity contribution in [1.29, 1.82) is 0 Å². The van der Waals surface area contributed by atoms with Crippen LogP contribution in [0.5, 0.6) is 0 Å². The molecule has 4 heterocycles. The van der Waals surface area contributed by atoms with Crippen LogP contribution in [0.4, 0.5) is 0 Å². The molecule has 8 rings (SSSR count). The topological polar surface area (TPSA) is 105 Å². The van der Waals surface area contributed by atoms with Gasteiger partial charge in [0.2, 0.25) is 0 Å². The van der Waals surface area contributed by atoms with Gasteiger partial charge in [-0.25, -0.2) is 14.5 Å². The molecule has 4 saturated carbocycles. The highest BCUT2D eigenvalue weighted by Gasteiger charge is 2.59. The molecule has 4 aliphatic carbocycles. The lowest BCUT2D eigenvalue weighted by atomic mass is 9.46. The minimum absolute atomic E-state index is 0.0257. The Bertz CT molecular complexity index is 1220. The van der Waals surface area contributed by atoms with Gasteiger partial charge in [-0.3, -0.25) is 4.68 Å². The summed E-state index contributed by atoms with van der Waals surface area (Å²) in [6.07, 6.45) is 13.4. The average molecular weight is 390 g/mol. The molecular formula is C19H22N10. The zero-order chi connectivity index (χ0) is 19.2. The van der Waals surface area contributed by atoms with Crippen LogP contribution in [0.2, 0.25) is 0 Å². The molecule has 4 aliphatic rings. The standard InChI is InChI=1S/C19H22N10/c1-27-16-14(8-22-27)17-24-15(25-28(17)11-20-16)7-18-3-12-2-13(4-18)6-19(5-12,9-18)29-23-10-21-26-29/h8,10-13H,2-7,9H2,1H3. The van der Waals surface area contributed by atoms with Crippen molar-refractivity contribution in [2.75, 3.05) is 0 Å². The normalized spacial score (nSPS) is 33.3. The molecule has 4 bridgehead atoms. The van der Waals surface area contributed by atoms with Crippen LogP contribution in [0, 0.1) is 17.3 Å². The van der Waals surface area contributed by atoms with Crippen LogP contribution in [-0.2, 0) is 19.0 Å². The van der Waals surface area contributed by atoms with Crippen LogP contribution in [0.25, 0.3) is 16.7 Å². The highest BCUT2D eigenvalue weighted by molar-refractivity contribution is 5.88. The van der Waals surface area contributed by atoms with E-state index in [1.807, 2.05) is 18.0 Å². The average Bonchev–Trinajstić information content (AvgIpc) is 3.39. The van der Waals surface area contributed by atoms with E-state index in [1.165, 1.54) is 32.1 Å². The van der Waals surface area contributed by atoms with E-state index in [4.69, 9.17) is 10.1 Å². The summed E-state index contributed by atoms with van der Waals surface area (Å²) in [7, 11) is 1.90. The van der Waals surface area contributed by atoms with Gasteiger partial charge in [-0.05, 0) is 61.0 Å². The van der Waals surface area contributed by atoms with E-state index in [9.17, 15) is 0 Å². The lowest BCUT2D eigenvalue weighted by Crippen LogP contribution is -2.57. The van der Waals surface area contributed by atoms with E-state index in [-0.39, 0.29) is 11.0 Å². The third-order valence-corrected chi connectivity index (χ3v) is 7.57. The first kappa shape index (κ1) is 15.9. The Labute approximate surface area is 166 Å². The number of aromatic nitrogens is 10. The molecule has 10 heteroatoms. The number of nitrogens with zero attached hydrogens (tertiary/aromatic N) is 10. The van der Waals surface area contributed by atoms with Gasteiger partial charge in [0.25, 0.3) is 0 Å². The van der Waals surface area contributed by atoms with Gasteiger partial charge in [0.1, 0.15) is 6.33 Å². The Morgan fingerprint density at radius 1 is 1.10 bits per heavy atom. The third kappa shape index (κ3) is 2.14. The quantitative estimate of drug-likeness (QED) is 0.522. The lowest BCUT2D eigenvalue weighted by molar-refractivity contribution is -0.112. The number of hydrogen-bond acceptors (Lipinski definition) is 7. The maximum Gasteiger partial charge on any atom is 0.170 e. The highest BCUT2D eigenvalue weighted by atomic mass is 15.6. The summed E-state index contributed by atoms with van der Waals surface area (Å²) in [5.74, 6) is 2.39. The number of aryl methyl sites for hydroxylation is 1. The van der Waals surface area contributed by atoms with Crippen molar-refractivity contribution in [3.63, 3.8) is 0 Å². The Balaban J connectivity index is 1.29. The van der Waals surface area contributed by atoms with Gasteiger partial charge in [-0.1, -0.05) is 0 Å². The second kappa shape index (κ2) is 5.17. The fourth-order valence-corrected chi connectivity index (χ4v) is 7.12. The predicted molar refractivity (Wildman–Crippen MR) is 102 cm³/mol. The van der Waals surface area contributed by atoms with Crippen molar-refractivity contribution in [2.24, 2.45) is 24.3 Å². The molecule has 2 unspecified atom stereocenters. The van der Waals surface area contributed by atoms with Crippen molar-refractivity contribution in [2.45, 2.75) is 50.5 Å². The molecule has 29 heavy (non-hydrogen) atoms. The second-order valence-electron chi connectivity index (χ2n) is 9.63. The molecule has 4 aromatic heterocycles. The molecule has 0 amide bonds. The Morgan fingerprint density at radius 3 is 2.76 bits per heavy atom. The summed E-state index contributed by atoms with van der Waals surface area (Å²) < 4.78 is 3.58. The van der Waals surface area contributed by atoms with Crippen molar-refractivity contribution in [3.05, 3.63) is 24.7 Å². The van der Waals surface area contributed by atoms with E-state index in [1.54, 1.807) is 21.9 Å². The van der Waals surface area contributed by atoms with E-state index < -0.39 is 0 Å². The van der Waals surface area contributed by atoms with Gasteiger partial charge in [-0.15, -0.1) is 15.3 Å². The maximum atomic E-state index is 4.92. The number of rotatable bonds is 3. The molecule has 10 nitrogen and oxygen atoms in total. The largest absolute Gasteiger partial charge is 0.250 e. The van der Waals surface area contributed by atoms with Gasteiger partial charge in [0.05, 0.1) is 17.1 Å². The van der Waals surface area contributed by atoms with Gasteiger partial charge >= 0.3 is 0 Å². The molecule has 4 aromatic rings. The minimum atomic E-state index is 0.0257. The summed E-state index contributed by atoms with van der Waals surface area (Å²) in [6.45, 7) is 0. The van der Waals surface area contributed by atoms with Gasteiger partial charge < -0.3 is 0 Å². The Morgan fingerprint density at radius 2 is 1.97 bits per heavy atom. The molecular weight excluding hydrogens is 368 g/mol. The van der Waals surface area contributed by atoms with E-state index in [2.05, 4.69) is 25.5 Å². The van der Waals surface area contributed by atoms with Gasteiger partial charge in [0.15, 0.2) is 23.4 Å². The first-order chi connectivity index (χ1) is 14.1. The number of tetrazole rings is 1. The van der Waals surface area contributed by atoms with Gasteiger partial charge in [0, 0.05) is 13.5 Å². The molecule has 4 fully saturated rings. The summed E-state index contributed by atoms with van der Waals surface area (Å²) >= 11 is 0. The summed E-state index contributed by atoms with van der Waals surface area (Å²) in [5, 5.41) is 22.8. The fourth-order valence-electron chi connectivity index (χ4n) is 7.12. The molecule has 2 atom stereocenters. The first-order valence-electron chi connectivity index (χ1n) is 10.4. The minimum Gasteiger partial charge on any atom is -0.250 e. The van der Waals surface area contributed by atoms with Crippen molar-refractivity contribution in [3.8, 4) is 0 Å². The second-order valence-corrected chi connectivity index (χ2v) is 9.63. The zero-order valence-electron chi connectivity index (χ0n) is 16.3. The van der Waals surface area contributed by atoms with Crippen LogP contribution in [0.15, 0.2) is 18.9 Å². The molecule has 0 saturated heterocycles. The Hall–Kier alpha value is -2.91. The molecule has 0 aromatic carbocycles. The zero-order valence-corrected chi connectivity index (χ0v) is 16.3. The summed E-state index contributed by atoms with van der Waals surface area (Å²) in [6, 6.07) is 0. The van der Waals surface area contributed by atoms with Crippen molar-refractivity contribution in [1.82, 2.24) is 49.6 Å². The highest BCUT2D eigenvalue weighted by Crippen LogP contribution is 2.64. The van der Waals surface area contributed by atoms with E-state index in [0.717, 1.165) is 47.2 Å². The summed E-state index contributed by atoms with van der Waals surface area (Å²) in [5.41, 5.74) is 1.93. The van der Waals surface area contributed by atoms with E-state index in [0.29, 0.717) is 0 Å². The SMILES string of the molecule is Cn1ncc2c1ncn1nc(CC34CC5CC(C3)CC(n3ncnn3)(C5)C4)nc21. The Kier molecular flexibility index (Phi) is 2.84. The molecule has 148 valence electrons. The molecule has 0 N–H and O–H groups in total. The van der Waals surface area contributed by atoms with Crippen molar-refractivity contribution >= 4 is 16.7 Å². The predicted octanol–water partition coefficient (Wildman–Crippen LogP) is 1.54. The number of fused-ring (bicyclic) bond motifs is 3. The lowest BCUT2D eigenvalue weighted by Gasteiger charge is -2.61. The summed E-state index contributed by atoms with van der Waals surface area (Å²) in [4.78, 5) is 11.3. The molecule has 0 spiro atoms. The van der Waals surface area contributed by atoms with Crippen LogP contribution < -0.4 is 0 Å². The third-order valence-electron chi connectivity index (χ3n) is 7.57. The van der Waals surface area contributed by atoms with Crippen LogP contribution in [0.3, 0.4) is 0 Å². The van der Waals surface area contributed by atoms with Crippen LogP contribution >= 0.6 is 0 Å². The smallest absolute Gasteiger partial charge is 0.170 e. The van der Waals surface area contributed by atoms with Gasteiger partial charge in [-0.2, -0.15) is 9.90 Å². The molecule has 0 aliphatic heterocycles. The molecule has 0 radical (unpaired) electrons. The van der Waals surface area contributed by atoms with E-state index >= 15 is 0 Å². The fraction of sp³-hybridized carbons (Fsp3) is 0.632.